The first-order valence-corrected chi connectivity index (χ1v) is 44.5. The summed E-state index contributed by atoms with van der Waals surface area (Å²) in [6.07, 6.45) is 96.5. The highest BCUT2D eigenvalue weighted by atomic mass is 31.2. The van der Waals surface area contributed by atoms with Gasteiger partial charge in [0, 0.05) is 19.3 Å². The Hall–Kier alpha value is -4.31. The predicted octanol–water partition coefficient (Wildman–Crippen LogP) is 24.7. The van der Waals surface area contributed by atoms with Crippen molar-refractivity contribution in [2.75, 3.05) is 39.6 Å². The van der Waals surface area contributed by atoms with Crippen LogP contribution in [0.3, 0.4) is 0 Å². The van der Waals surface area contributed by atoms with Crippen LogP contribution < -0.4 is 0 Å². The van der Waals surface area contributed by atoms with Crippen molar-refractivity contribution in [3.63, 3.8) is 0 Å². The Labute approximate surface area is 639 Å². The van der Waals surface area contributed by atoms with Gasteiger partial charge in [0.25, 0.3) is 0 Å². The number of ether oxygens (including phenoxy) is 3. The molecule has 105 heavy (non-hydrogen) atoms. The molecule has 0 aliphatic rings. The van der Waals surface area contributed by atoms with Gasteiger partial charge >= 0.3 is 33.6 Å². The van der Waals surface area contributed by atoms with Crippen molar-refractivity contribution in [2.24, 2.45) is 0 Å². The van der Waals surface area contributed by atoms with E-state index in [2.05, 4.69) is 154 Å². The zero-order chi connectivity index (χ0) is 76.6. The number of carbonyl (C=O) groups excluding carboxylic acids is 3. The van der Waals surface area contributed by atoms with Gasteiger partial charge < -0.3 is 34.2 Å². The maximum absolute atomic E-state index is 13.0. The van der Waals surface area contributed by atoms with Crippen molar-refractivity contribution >= 4 is 33.6 Å². The highest BCUT2D eigenvalue weighted by Gasteiger charge is 2.29. The lowest BCUT2D eigenvalue weighted by Gasteiger charge is -2.21. The molecule has 0 heterocycles. The molecule has 0 amide bonds. The molecule has 0 radical (unpaired) electrons. The molecule has 4 N–H and O–H groups in total. The minimum absolute atomic E-state index is 0.0798. The van der Waals surface area contributed by atoms with E-state index in [-0.39, 0.29) is 19.3 Å². The van der Waals surface area contributed by atoms with E-state index in [9.17, 15) is 43.5 Å². The molecule has 0 aliphatic heterocycles. The average molecular weight is 1510 g/mol. The minimum Gasteiger partial charge on any atom is -0.463 e. The number of hydrogen-bond donors (Lipinski definition) is 4. The molecule has 0 aromatic heterocycles. The Morgan fingerprint density at radius 1 is 0.276 bits per heavy atom. The van der Waals surface area contributed by atoms with Crippen LogP contribution in [-0.2, 0) is 55.8 Å². The number of aliphatic hydroxyl groups is 2. The lowest BCUT2D eigenvalue weighted by molar-refractivity contribution is -0.161. The van der Waals surface area contributed by atoms with Crippen molar-refractivity contribution < 1.29 is 75.8 Å². The van der Waals surface area contributed by atoms with E-state index in [1.807, 2.05) is 0 Å². The lowest BCUT2D eigenvalue weighted by atomic mass is 10.0. The molecular weight excluding hydrogens is 1360 g/mol. The molecule has 0 saturated heterocycles. The van der Waals surface area contributed by atoms with Gasteiger partial charge in [-0.15, -0.1) is 0 Å². The number of phosphoric acid groups is 2. The molecule has 0 aliphatic carbocycles. The highest BCUT2D eigenvalue weighted by Crippen LogP contribution is 2.45. The smallest absolute Gasteiger partial charge is 0.463 e. The summed E-state index contributed by atoms with van der Waals surface area (Å²) < 4.78 is 61.2. The molecule has 0 aromatic rings. The molecule has 0 saturated carbocycles. The second-order valence-electron chi connectivity index (χ2n) is 27.5. The Kier molecular flexibility index (Phi) is 76.0. The molecular formula is C87H150O16P2. The minimum atomic E-state index is -4.94. The van der Waals surface area contributed by atoms with Gasteiger partial charge in [0.15, 0.2) is 6.10 Å². The SMILES string of the molecule is CC/C=C\C/C=C\C/C=C\CCCCCCCC(=O)OC(COC(=O)CCCCCCCCC/C=C\C/C=C\C/C=C\C/C=C\CCCCC)COP(=O)(O)OCC(O)COP(=O)(O)OCC(O)COC(=O)CCCCCCCCCCCCCCCCC/C=C\C/C=C\C/C=C\C/C=C\CCCCC. The van der Waals surface area contributed by atoms with E-state index in [0.29, 0.717) is 19.3 Å². The molecule has 0 spiro atoms. The molecule has 16 nitrogen and oxygen atoms in total. The molecule has 604 valence electrons. The first-order chi connectivity index (χ1) is 51.2. The van der Waals surface area contributed by atoms with E-state index in [1.54, 1.807) is 0 Å². The number of hydrogen-bond acceptors (Lipinski definition) is 14. The molecule has 0 aromatic carbocycles. The van der Waals surface area contributed by atoms with Crippen molar-refractivity contribution in [2.45, 2.75) is 360 Å². The van der Waals surface area contributed by atoms with Crippen molar-refractivity contribution in [3.8, 4) is 0 Å². The van der Waals surface area contributed by atoms with Crippen LogP contribution in [0.4, 0.5) is 0 Å². The number of unbranched alkanes of at least 4 members (excludes halogenated alkanes) is 33. The third-order valence-corrected chi connectivity index (χ3v) is 19.2. The molecule has 5 unspecified atom stereocenters. The number of rotatable bonds is 78. The maximum Gasteiger partial charge on any atom is 0.472 e. The van der Waals surface area contributed by atoms with Gasteiger partial charge in [-0.2, -0.15) is 0 Å². The number of carbonyl (C=O) groups is 3. The summed E-state index contributed by atoms with van der Waals surface area (Å²) in [5, 5.41) is 20.7. The Morgan fingerprint density at radius 3 is 0.800 bits per heavy atom. The Balaban J connectivity index is 4.51. The van der Waals surface area contributed by atoms with E-state index in [4.69, 9.17) is 32.3 Å². The van der Waals surface area contributed by atoms with Crippen LogP contribution >= 0.6 is 15.6 Å². The molecule has 18 heteroatoms. The molecule has 5 atom stereocenters. The summed E-state index contributed by atoms with van der Waals surface area (Å²) in [7, 11) is -9.80. The van der Waals surface area contributed by atoms with Crippen LogP contribution in [0.15, 0.2) is 134 Å². The highest BCUT2D eigenvalue weighted by molar-refractivity contribution is 7.47. The molecule has 0 fully saturated rings. The summed E-state index contributed by atoms with van der Waals surface area (Å²) in [6.45, 7) is 2.50. The summed E-state index contributed by atoms with van der Waals surface area (Å²) in [4.78, 5) is 58.7. The number of esters is 3. The van der Waals surface area contributed by atoms with Gasteiger partial charge in [-0.25, -0.2) is 9.13 Å². The largest absolute Gasteiger partial charge is 0.472 e. The lowest BCUT2D eigenvalue weighted by Crippen LogP contribution is -2.30. The topological polar surface area (TPSA) is 231 Å². The normalized spacial score (nSPS) is 14.6. The molecule has 0 rings (SSSR count). The predicted molar refractivity (Wildman–Crippen MR) is 436 cm³/mol. The third-order valence-electron chi connectivity index (χ3n) is 17.3. The second-order valence-corrected chi connectivity index (χ2v) is 30.4. The average Bonchev–Trinajstić information content (AvgIpc) is 0.920. The van der Waals surface area contributed by atoms with Crippen LogP contribution in [0.25, 0.3) is 0 Å². The number of allylic oxidation sites excluding steroid dienone is 22. The third kappa shape index (κ3) is 80.5. The Morgan fingerprint density at radius 2 is 0.505 bits per heavy atom. The van der Waals surface area contributed by atoms with Gasteiger partial charge in [-0.3, -0.25) is 32.5 Å². The first kappa shape index (κ1) is 101. The van der Waals surface area contributed by atoms with E-state index < -0.39 is 91.5 Å². The van der Waals surface area contributed by atoms with Gasteiger partial charge in [-0.1, -0.05) is 315 Å². The zero-order valence-corrected chi connectivity index (χ0v) is 67.9. The van der Waals surface area contributed by atoms with Crippen LogP contribution in [0.5, 0.6) is 0 Å². The van der Waals surface area contributed by atoms with E-state index in [0.717, 1.165) is 154 Å². The van der Waals surface area contributed by atoms with E-state index >= 15 is 0 Å². The first-order valence-electron chi connectivity index (χ1n) is 41.5. The number of aliphatic hydroxyl groups excluding tert-OH is 2. The molecule has 0 bridgehead atoms. The summed E-state index contributed by atoms with van der Waals surface area (Å²) in [6, 6.07) is 0. The van der Waals surface area contributed by atoms with Crippen LogP contribution in [-0.4, -0.2) is 95.9 Å². The summed E-state index contributed by atoms with van der Waals surface area (Å²) in [5.74, 6) is -1.60. The standard InChI is InChI=1S/C87H150O16P2/c1-4-7-10-13-16-19-22-25-28-30-32-34-36-37-38-39-40-41-42-43-45-47-48-50-53-55-58-61-64-67-70-73-85(90)97-76-82(88)77-99-104(93,94)100-78-83(89)79-101-105(95,96)102-81-84(103-87(92)75-72-69-66-63-60-57-52-27-24-21-18-15-12-9-6-3)80-98-86(91)74-71-68-65-62-59-56-54-51-49-46-44-35-33-31-29-26-23-20-17-14-11-8-5-2/h9,12,16-21,25-29,32-35,37-38,46,49,52,82-84,88-89H,4-8,10-11,13-15,22-24,30-31,36,39-45,47-48,50-51,53-81H2,1-3H3,(H,93,94)(H,95,96)/b12-9-,19-16-,20-17-,21-18-,28-25-,29-26-,34-32-,35-33-,38-37-,49-46-,52-27-. The fourth-order valence-electron chi connectivity index (χ4n) is 11.0. The fraction of sp³-hybridized carbons (Fsp3) is 0.713. The summed E-state index contributed by atoms with van der Waals surface area (Å²) in [5.41, 5.74) is 0. The van der Waals surface area contributed by atoms with Gasteiger partial charge in [0.1, 0.15) is 25.4 Å². The summed E-state index contributed by atoms with van der Waals surface area (Å²) >= 11 is 0. The van der Waals surface area contributed by atoms with Crippen LogP contribution in [0.1, 0.15) is 342 Å². The van der Waals surface area contributed by atoms with Crippen molar-refractivity contribution in [1.82, 2.24) is 0 Å². The second kappa shape index (κ2) is 79.2. The quantitative estimate of drug-likeness (QED) is 0.0146. The number of phosphoric ester groups is 2. The van der Waals surface area contributed by atoms with Crippen molar-refractivity contribution in [3.05, 3.63) is 134 Å². The van der Waals surface area contributed by atoms with Gasteiger partial charge in [0.2, 0.25) is 0 Å². The Bertz CT molecular complexity index is 2440. The van der Waals surface area contributed by atoms with E-state index in [1.165, 1.54) is 128 Å². The monoisotopic (exact) mass is 1510 g/mol. The van der Waals surface area contributed by atoms with Crippen molar-refractivity contribution in [1.29, 1.82) is 0 Å². The zero-order valence-electron chi connectivity index (χ0n) is 66.1. The van der Waals surface area contributed by atoms with Gasteiger partial charge in [0.05, 0.1) is 26.4 Å². The van der Waals surface area contributed by atoms with Crippen LogP contribution in [0.2, 0.25) is 0 Å². The van der Waals surface area contributed by atoms with Gasteiger partial charge in [-0.05, 0) is 141 Å². The van der Waals surface area contributed by atoms with Crippen LogP contribution in [0, 0.1) is 0 Å². The fourth-order valence-corrected chi connectivity index (χ4v) is 12.6. The maximum atomic E-state index is 13.0.